The van der Waals surface area contributed by atoms with E-state index in [1.807, 2.05) is 0 Å². The number of rotatable bonds is 1. The SMILES string of the molecule is CN=C(N)NC1CC1.O=S(=O)(O)O. The van der Waals surface area contributed by atoms with Crippen LogP contribution >= 0.6 is 0 Å². The minimum Gasteiger partial charge on any atom is -0.370 e. The molecule has 0 unspecified atom stereocenters. The Kier molecular flexibility index (Phi) is 4.67. The van der Waals surface area contributed by atoms with Crippen LogP contribution in [0.15, 0.2) is 4.99 Å². The van der Waals surface area contributed by atoms with Crippen LogP contribution in [0.3, 0.4) is 0 Å². The molecule has 0 amide bonds. The first kappa shape index (κ1) is 12.1. The molecular weight excluding hydrogens is 198 g/mol. The molecule has 0 aromatic heterocycles. The second kappa shape index (κ2) is 5.00. The van der Waals surface area contributed by atoms with E-state index in [-0.39, 0.29) is 0 Å². The van der Waals surface area contributed by atoms with Gasteiger partial charge >= 0.3 is 10.4 Å². The third-order valence-electron chi connectivity index (χ3n) is 1.17. The molecule has 5 N–H and O–H groups in total. The van der Waals surface area contributed by atoms with Crippen LogP contribution in [0.1, 0.15) is 12.8 Å². The highest BCUT2D eigenvalue weighted by atomic mass is 32.3. The van der Waals surface area contributed by atoms with Crippen LogP contribution in [0.25, 0.3) is 0 Å². The molecule has 0 atom stereocenters. The number of guanidine groups is 1. The summed E-state index contributed by atoms with van der Waals surface area (Å²) in [4.78, 5) is 3.75. The van der Waals surface area contributed by atoms with Crippen molar-refractivity contribution in [3.8, 4) is 0 Å². The number of hydrogen-bond donors (Lipinski definition) is 4. The molecule has 78 valence electrons. The monoisotopic (exact) mass is 211 g/mol. The van der Waals surface area contributed by atoms with Crippen LogP contribution in [0, 0.1) is 0 Å². The lowest BCUT2D eigenvalue weighted by Crippen LogP contribution is -2.32. The van der Waals surface area contributed by atoms with E-state index in [1.165, 1.54) is 12.8 Å². The Bertz CT molecular complexity index is 262. The minimum atomic E-state index is -4.67. The summed E-state index contributed by atoms with van der Waals surface area (Å²) in [5.74, 6) is 0.563. The highest BCUT2D eigenvalue weighted by molar-refractivity contribution is 7.79. The van der Waals surface area contributed by atoms with E-state index >= 15 is 0 Å². The van der Waals surface area contributed by atoms with E-state index in [0.29, 0.717) is 12.0 Å². The van der Waals surface area contributed by atoms with Gasteiger partial charge in [0.1, 0.15) is 0 Å². The van der Waals surface area contributed by atoms with Crippen molar-refractivity contribution in [3.05, 3.63) is 0 Å². The molecule has 13 heavy (non-hydrogen) atoms. The van der Waals surface area contributed by atoms with E-state index in [4.69, 9.17) is 23.3 Å². The molecule has 0 spiro atoms. The zero-order chi connectivity index (χ0) is 10.5. The Morgan fingerprint density at radius 1 is 1.54 bits per heavy atom. The lowest BCUT2D eigenvalue weighted by Gasteiger charge is -1.98. The van der Waals surface area contributed by atoms with Gasteiger partial charge in [-0.05, 0) is 12.8 Å². The zero-order valence-corrected chi connectivity index (χ0v) is 7.95. The quantitative estimate of drug-likeness (QED) is 0.251. The molecule has 1 saturated carbocycles. The maximum atomic E-state index is 8.74. The largest absolute Gasteiger partial charge is 0.394 e. The van der Waals surface area contributed by atoms with Gasteiger partial charge < -0.3 is 11.1 Å². The van der Waals surface area contributed by atoms with Crippen molar-refractivity contribution in [3.63, 3.8) is 0 Å². The molecule has 8 heteroatoms. The van der Waals surface area contributed by atoms with E-state index in [9.17, 15) is 0 Å². The smallest absolute Gasteiger partial charge is 0.370 e. The average Bonchev–Trinajstić information content (AvgIpc) is 2.68. The zero-order valence-electron chi connectivity index (χ0n) is 7.14. The van der Waals surface area contributed by atoms with Crippen LogP contribution in [-0.4, -0.2) is 36.6 Å². The number of aliphatic imine (C=N–C) groups is 1. The summed E-state index contributed by atoms with van der Waals surface area (Å²) >= 11 is 0. The molecule has 0 aliphatic heterocycles. The van der Waals surface area contributed by atoms with Gasteiger partial charge in [0.15, 0.2) is 5.96 Å². The first-order chi connectivity index (χ1) is 5.83. The summed E-state index contributed by atoms with van der Waals surface area (Å²) in [5, 5.41) is 3.03. The fourth-order valence-electron chi connectivity index (χ4n) is 0.501. The van der Waals surface area contributed by atoms with E-state index in [0.717, 1.165) is 0 Å². The molecular formula is C5H13N3O4S. The standard InChI is InChI=1S/C5H11N3.H2O4S/c1-7-5(6)8-4-2-3-4;1-5(2,3)4/h4H,2-3H2,1H3,(H3,6,7,8);(H2,1,2,3,4). The number of hydrogen-bond acceptors (Lipinski definition) is 3. The Balaban J connectivity index is 0.000000252. The van der Waals surface area contributed by atoms with E-state index in [2.05, 4.69) is 10.3 Å². The van der Waals surface area contributed by atoms with Crippen molar-refractivity contribution in [2.75, 3.05) is 7.05 Å². The van der Waals surface area contributed by atoms with Crippen molar-refractivity contribution in [1.82, 2.24) is 5.32 Å². The van der Waals surface area contributed by atoms with Crippen LogP contribution in [0.2, 0.25) is 0 Å². The topological polar surface area (TPSA) is 125 Å². The van der Waals surface area contributed by atoms with Gasteiger partial charge in [0.05, 0.1) is 0 Å². The predicted molar refractivity (Wildman–Crippen MR) is 47.9 cm³/mol. The average molecular weight is 211 g/mol. The van der Waals surface area contributed by atoms with Gasteiger partial charge in [0.25, 0.3) is 0 Å². The van der Waals surface area contributed by atoms with Gasteiger partial charge in [-0.25, -0.2) is 0 Å². The molecule has 0 aromatic carbocycles. The lowest BCUT2D eigenvalue weighted by molar-refractivity contribution is 0.381. The maximum absolute atomic E-state index is 8.74. The van der Waals surface area contributed by atoms with Gasteiger partial charge in [-0.1, -0.05) is 0 Å². The maximum Gasteiger partial charge on any atom is 0.394 e. The summed E-state index contributed by atoms with van der Waals surface area (Å²) < 4.78 is 31.6. The molecule has 1 fully saturated rings. The van der Waals surface area contributed by atoms with Crippen molar-refractivity contribution >= 4 is 16.4 Å². The van der Waals surface area contributed by atoms with Crippen molar-refractivity contribution in [1.29, 1.82) is 0 Å². The van der Waals surface area contributed by atoms with E-state index in [1.54, 1.807) is 7.05 Å². The molecule has 0 heterocycles. The highest BCUT2D eigenvalue weighted by Crippen LogP contribution is 2.17. The fourth-order valence-corrected chi connectivity index (χ4v) is 0.501. The third kappa shape index (κ3) is 14.0. The van der Waals surface area contributed by atoms with Gasteiger partial charge in [-0.15, -0.1) is 0 Å². The van der Waals surface area contributed by atoms with Gasteiger partial charge in [-0.3, -0.25) is 14.1 Å². The first-order valence-electron chi connectivity index (χ1n) is 3.51. The predicted octanol–water partition coefficient (Wildman–Crippen LogP) is -0.970. The Hall–Kier alpha value is -0.860. The summed E-state index contributed by atoms with van der Waals surface area (Å²) in [5.41, 5.74) is 5.35. The van der Waals surface area contributed by atoms with Gasteiger partial charge in [-0.2, -0.15) is 8.42 Å². The lowest BCUT2D eigenvalue weighted by atomic mass is 10.7. The van der Waals surface area contributed by atoms with Crippen molar-refractivity contribution < 1.29 is 17.5 Å². The number of nitrogens with one attached hydrogen (secondary N) is 1. The van der Waals surface area contributed by atoms with Crippen LogP contribution in [0.4, 0.5) is 0 Å². The molecule has 0 aromatic rings. The Morgan fingerprint density at radius 2 is 1.92 bits per heavy atom. The molecule has 0 radical (unpaired) electrons. The van der Waals surface area contributed by atoms with Gasteiger partial charge in [0.2, 0.25) is 0 Å². The summed E-state index contributed by atoms with van der Waals surface area (Å²) in [6.07, 6.45) is 2.49. The second-order valence-electron chi connectivity index (χ2n) is 2.48. The van der Waals surface area contributed by atoms with Crippen LogP contribution in [-0.2, 0) is 10.4 Å². The molecule has 1 aliphatic carbocycles. The second-order valence-corrected chi connectivity index (χ2v) is 3.37. The highest BCUT2D eigenvalue weighted by Gasteiger charge is 2.20. The van der Waals surface area contributed by atoms with Crippen LogP contribution < -0.4 is 11.1 Å². The molecule has 0 bridgehead atoms. The van der Waals surface area contributed by atoms with Crippen LogP contribution in [0.5, 0.6) is 0 Å². The summed E-state index contributed by atoms with van der Waals surface area (Å²) in [6.45, 7) is 0. The number of nitrogens with two attached hydrogens (primary N) is 1. The molecule has 7 nitrogen and oxygen atoms in total. The fraction of sp³-hybridized carbons (Fsp3) is 0.800. The Morgan fingerprint density at radius 3 is 2.15 bits per heavy atom. The first-order valence-corrected chi connectivity index (χ1v) is 4.91. The summed E-state index contributed by atoms with van der Waals surface area (Å²) in [7, 11) is -2.98. The van der Waals surface area contributed by atoms with Crippen molar-refractivity contribution in [2.24, 2.45) is 10.7 Å². The molecule has 1 aliphatic rings. The minimum absolute atomic E-state index is 0.563. The third-order valence-corrected chi connectivity index (χ3v) is 1.17. The van der Waals surface area contributed by atoms with E-state index < -0.39 is 10.4 Å². The van der Waals surface area contributed by atoms with Gasteiger partial charge in [0, 0.05) is 13.1 Å². The normalized spacial score (nSPS) is 17.3. The number of nitrogens with zero attached hydrogens (tertiary/aromatic N) is 1. The Labute approximate surface area is 76.6 Å². The van der Waals surface area contributed by atoms with Crippen molar-refractivity contribution in [2.45, 2.75) is 18.9 Å². The summed E-state index contributed by atoms with van der Waals surface area (Å²) in [6, 6.07) is 0.624. The molecule has 0 saturated heterocycles. The molecule has 1 rings (SSSR count).